The van der Waals surface area contributed by atoms with Crippen LogP contribution in [0, 0.1) is 19.8 Å². The van der Waals surface area contributed by atoms with Gasteiger partial charge >= 0.3 is 0 Å². The Balaban J connectivity index is 2.59. The number of rotatable bonds is 8. The Hall–Kier alpha value is -1.09. The molecule has 1 heterocycles. The minimum atomic E-state index is 0.688. The fraction of sp³-hybridized carbons (Fsp3) is 0.667. The molecule has 0 saturated heterocycles. The third-order valence-electron chi connectivity index (χ3n) is 3.16. The molecule has 0 fully saturated rings. The number of hydrogen-bond donors (Lipinski definition) is 1. The molecule has 0 spiro atoms. The first-order chi connectivity index (χ1) is 8.56. The van der Waals surface area contributed by atoms with Crippen LogP contribution in [0.3, 0.4) is 0 Å². The van der Waals surface area contributed by atoms with Gasteiger partial charge in [-0.2, -0.15) is 5.10 Å². The standard InChI is InChI=1S/C15H27N3/c1-6-7-8-9-18-14(5)15(13(4)17-18)11-16-10-12(2)3/h6,12,16H,1,7-11H2,2-5H3. The lowest BCUT2D eigenvalue weighted by Crippen LogP contribution is -2.19. The zero-order valence-electron chi connectivity index (χ0n) is 12.3. The van der Waals surface area contributed by atoms with E-state index in [0.717, 1.165) is 38.2 Å². The molecule has 0 aliphatic carbocycles. The minimum Gasteiger partial charge on any atom is -0.312 e. The Kier molecular flexibility index (Phi) is 6.13. The quantitative estimate of drug-likeness (QED) is 0.566. The zero-order valence-corrected chi connectivity index (χ0v) is 12.3. The zero-order chi connectivity index (χ0) is 13.5. The smallest absolute Gasteiger partial charge is 0.0641 e. The Bertz CT molecular complexity index is 377. The van der Waals surface area contributed by atoms with E-state index in [2.05, 4.69) is 49.4 Å². The second kappa shape index (κ2) is 7.37. The number of nitrogens with zero attached hydrogens (tertiary/aromatic N) is 2. The van der Waals surface area contributed by atoms with Gasteiger partial charge in [-0.05, 0) is 39.2 Å². The van der Waals surface area contributed by atoms with Crippen LogP contribution in [-0.2, 0) is 13.1 Å². The van der Waals surface area contributed by atoms with Crippen LogP contribution in [-0.4, -0.2) is 16.3 Å². The topological polar surface area (TPSA) is 29.9 Å². The van der Waals surface area contributed by atoms with E-state index >= 15 is 0 Å². The van der Waals surface area contributed by atoms with Crippen molar-refractivity contribution in [3.8, 4) is 0 Å². The molecule has 0 unspecified atom stereocenters. The number of aromatic nitrogens is 2. The summed E-state index contributed by atoms with van der Waals surface area (Å²) < 4.78 is 2.13. The monoisotopic (exact) mass is 249 g/mol. The first-order valence-corrected chi connectivity index (χ1v) is 6.90. The number of unbranched alkanes of at least 4 members (excludes halogenated alkanes) is 1. The van der Waals surface area contributed by atoms with Crippen molar-refractivity contribution in [2.75, 3.05) is 6.54 Å². The van der Waals surface area contributed by atoms with E-state index in [1.165, 1.54) is 11.3 Å². The summed E-state index contributed by atoms with van der Waals surface area (Å²) in [6, 6.07) is 0. The molecule has 18 heavy (non-hydrogen) atoms. The van der Waals surface area contributed by atoms with Crippen molar-refractivity contribution < 1.29 is 0 Å². The molecule has 0 aliphatic heterocycles. The first-order valence-electron chi connectivity index (χ1n) is 6.90. The van der Waals surface area contributed by atoms with E-state index in [1.54, 1.807) is 0 Å². The van der Waals surface area contributed by atoms with E-state index in [4.69, 9.17) is 0 Å². The van der Waals surface area contributed by atoms with Gasteiger partial charge in [-0.1, -0.05) is 19.9 Å². The summed E-state index contributed by atoms with van der Waals surface area (Å²) >= 11 is 0. The summed E-state index contributed by atoms with van der Waals surface area (Å²) in [6.45, 7) is 15.5. The molecule has 0 radical (unpaired) electrons. The lowest BCUT2D eigenvalue weighted by Gasteiger charge is -2.08. The highest BCUT2D eigenvalue weighted by atomic mass is 15.3. The summed E-state index contributed by atoms with van der Waals surface area (Å²) in [7, 11) is 0. The number of aryl methyl sites for hydroxylation is 2. The van der Waals surface area contributed by atoms with Gasteiger partial charge in [0.05, 0.1) is 5.69 Å². The summed E-state index contributed by atoms with van der Waals surface area (Å²) in [5.74, 6) is 0.688. The SMILES string of the molecule is C=CCCCn1nc(C)c(CNCC(C)C)c1C. The van der Waals surface area contributed by atoms with Gasteiger partial charge in [0.25, 0.3) is 0 Å². The van der Waals surface area contributed by atoms with Crippen LogP contribution < -0.4 is 5.32 Å². The first kappa shape index (κ1) is 15.0. The highest BCUT2D eigenvalue weighted by Gasteiger charge is 2.10. The molecule has 0 bridgehead atoms. The fourth-order valence-electron chi connectivity index (χ4n) is 2.08. The average Bonchev–Trinajstić information content (AvgIpc) is 2.56. The number of hydrogen-bond acceptors (Lipinski definition) is 2. The van der Waals surface area contributed by atoms with E-state index in [-0.39, 0.29) is 0 Å². The van der Waals surface area contributed by atoms with Gasteiger partial charge in [-0.15, -0.1) is 6.58 Å². The molecule has 0 aliphatic rings. The molecule has 0 saturated carbocycles. The van der Waals surface area contributed by atoms with Crippen LogP contribution >= 0.6 is 0 Å². The summed E-state index contributed by atoms with van der Waals surface area (Å²) in [5.41, 5.74) is 3.81. The van der Waals surface area contributed by atoms with Crippen molar-refractivity contribution in [2.45, 2.75) is 53.6 Å². The van der Waals surface area contributed by atoms with Crippen LogP contribution in [0.2, 0.25) is 0 Å². The lowest BCUT2D eigenvalue weighted by molar-refractivity contribution is 0.547. The van der Waals surface area contributed by atoms with Gasteiger partial charge in [-0.25, -0.2) is 0 Å². The number of allylic oxidation sites excluding steroid dienone is 1. The highest BCUT2D eigenvalue weighted by Crippen LogP contribution is 2.13. The molecule has 3 nitrogen and oxygen atoms in total. The van der Waals surface area contributed by atoms with E-state index in [1.807, 2.05) is 6.08 Å². The van der Waals surface area contributed by atoms with Crippen molar-refractivity contribution in [3.63, 3.8) is 0 Å². The Morgan fingerprint density at radius 2 is 2.11 bits per heavy atom. The summed E-state index contributed by atoms with van der Waals surface area (Å²) in [4.78, 5) is 0. The van der Waals surface area contributed by atoms with Gasteiger partial charge in [0.2, 0.25) is 0 Å². The Labute approximate surface area is 111 Å². The Morgan fingerprint density at radius 3 is 2.72 bits per heavy atom. The molecule has 0 aromatic carbocycles. The van der Waals surface area contributed by atoms with Gasteiger partial charge in [-0.3, -0.25) is 4.68 Å². The third-order valence-corrected chi connectivity index (χ3v) is 3.16. The highest BCUT2D eigenvalue weighted by molar-refractivity contribution is 5.24. The molecular weight excluding hydrogens is 222 g/mol. The maximum absolute atomic E-state index is 4.62. The van der Waals surface area contributed by atoms with Crippen LogP contribution in [0.15, 0.2) is 12.7 Å². The van der Waals surface area contributed by atoms with Gasteiger partial charge in [0, 0.05) is 24.3 Å². The van der Waals surface area contributed by atoms with E-state index < -0.39 is 0 Å². The number of nitrogens with one attached hydrogen (secondary N) is 1. The van der Waals surface area contributed by atoms with Gasteiger partial charge < -0.3 is 5.32 Å². The second-order valence-corrected chi connectivity index (χ2v) is 5.33. The van der Waals surface area contributed by atoms with Crippen LogP contribution in [0.25, 0.3) is 0 Å². The second-order valence-electron chi connectivity index (χ2n) is 5.33. The predicted octanol–water partition coefficient (Wildman–Crippen LogP) is 3.21. The van der Waals surface area contributed by atoms with E-state index in [0.29, 0.717) is 5.92 Å². The molecule has 3 heteroatoms. The van der Waals surface area contributed by atoms with Gasteiger partial charge in [0.15, 0.2) is 0 Å². The van der Waals surface area contributed by atoms with Crippen LogP contribution in [0.4, 0.5) is 0 Å². The molecule has 102 valence electrons. The van der Waals surface area contributed by atoms with Crippen LogP contribution in [0.1, 0.15) is 43.6 Å². The predicted molar refractivity (Wildman–Crippen MR) is 77.7 cm³/mol. The molecular formula is C15H27N3. The molecule has 1 rings (SSSR count). The van der Waals surface area contributed by atoms with Crippen molar-refractivity contribution in [1.82, 2.24) is 15.1 Å². The largest absolute Gasteiger partial charge is 0.312 e. The van der Waals surface area contributed by atoms with Crippen LogP contribution in [0.5, 0.6) is 0 Å². The van der Waals surface area contributed by atoms with Crippen molar-refractivity contribution >= 4 is 0 Å². The summed E-state index contributed by atoms with van der Waals surface area (Å²) in [5, 5.41) is 8.12. The van der Waals surface area contributed by atoms with E-state index in [9.17, 15) is 0 Å². The van der Waals surface area contributed by atoms with Crippen molar-refractivity contribution in [2.24, 2.45) is 5.92 Å². The maximum Gasteiger partial charge on any atom is 0.0641 e. The molecule has 0 amide bonds. The fourth-order valence-corrected chi connectivity index (χ4v) is 2.08. The third kappa shape index (κ3) is 4.30. The average molecular weight is 249 g/mol. The molecule has 1 aromatic rings. The normalized spacial score (nSPS) is 11.2. The Morgan fingerprint density at radius 1 is 1.39 bits per heavy atom. The molecule has 1 N–H and O–H groups in total. The van der Waals surface area contributed by atoms with Crippen molar-refractivity contribution in [3.05, 3.63) is 29.6 Å². The maximum atomic E-state index is 4.62. The lowest BCUT2D eigenvalue weighted by atomic mass is 10.1. The van der Waals surface area contributed by atoms with Gasteiger partial charge in [0.1, 0.15) is 0 Å². The summed E-state index contributed by atoms with van der Waals surface area (Å²) in [6.07, 6.45) is 4.14. The van der Waals surface area contributed by atoms with Crippen molar-refractivity contribution in [1.29, 1.82) is 0 Å². The molecule has 1 aromatic heterocycles. The molecule has 0 atom stereocenters. The minimum absolute atomic E-state index is 0.688.